The second kappa shape index (κ2) is 4.23. The summed E-state index contributed by atoms with van der Waals surface area (Å²) >= 11 is 0. The van der Waals surface area contributed by atoms with Gasteiger partial charge in [0.25, 0.3) is 0 Å². The van der Waals surface area contributed by atoms with E-state index in [4.69, 9.17) is 10.2 Å². The van der Waals surface area contributed by atoms with Crippen LogP contribution in [0.25, 0.3) is 22.4 Å². The maximum absolute atomic E-state index is 5.52. The zero-order valence-corrected chi connectivity index (χ0v) is 10.1. The average Bonchev–Trinajstić information content (AvgIpc) is 2.81. The molecule has 2 aromatic heterocycles. The van der Waals surface area contributed by atoms with Gasteiger partial charge in [-0.05, 0) is 24.1 Å². The van der Waals surface area contributed by atoms with Gasteiger partial charge in [-0.25, -0.2) is 4.98 Å². The van der Waals surface area contributed by atoms with Crippen LogP contribution in [0.4, 0.5) is 0 Å². The van der Waals surface area contributed by atoms with Gasteiger partial charge < -0.3 is 10.2 Å². The lowest BCUT2D eigenvalue weighted by Crippen LogP contribution is -1.95. The molecule has 3 rings (SSSR count). The molecule has 0 aliphatic rings. The third-order valence-corrected chi connectivity index (χ3v) is 2.92. The predicted molar refractivity (Wildman–Crippen MR) is 69.9 cm³/mol. The minimum absolute atomic E-state index is 0.288. The van der Waals surface area contributed by atoms with Gasteiger partial charge in [0.1, 0.15) is 0 Å². The van der Waals surface area contributed by atoms with Gasteiger partial charge >= 0.3 is 0 Å². The van der Waals surface area contributed by atoms with Crippen LogP contribution in [0.3, 0.4) is 0 Å². The number of hydrogen-bond donors (Lipinski definition) is 1. The maximum atomic E-state index is 5.52. The highest BCUT2D eigenvalue weighted by Crippen LogP contribution is 2.25. The lowest BCUT2D eigenvalue weighted by atomic mass is 10.0. The summed E-state index contributed by atoms with van der Waals surface area (Å²) in [5.41, 5.74) is 10.2. The van der Waals surface area contributed by atoms with Crippen LogP contribution in [0.1, 0.15) is 11.5 Å². The van der Waals surface area contributed by atoms with Gasteiger partial charge in [-0.15, -0.1) is 0 Å². The van der Waals surface area contributed by atoms with Gasteiger partial charge in [-0.3, -0.25) is 0 Å². The Morgan fingerprint density at radius 3 is 2.89 bits per heavy atom. The van der Waals surface area contributed by atoms with Crippen molar-refractivity contribution in [2.45, 2.75) is 13.5 Å². The molecular weight excluding hydrogens is 226 g/mol. The van der Waals surface area contributed by atoms with Crippen molar-refractivity contribution >= 4 is 11.2 Å². The van der Waals surface area contributed by atoms with Crippen molar-refractivity contribution in [2.24, 2.45) is 5.73 Å². The average molecular weight is 239 g/mol. The number of fused-ring (bicyclic) bond motifs is 1. The minimum Gasteiger partial charge on any atom is -0.438 e. The lowest BCUT2D eigenvalue weighted by molar-refractivity contribution is 0.533. The summed E-state index contributed by atoms with van der Waals surface area (Å²) in [6.07, 6.45) is 1.81. The topological polar surface area (TPSA) is 64.9 Å². The summed E-state index contributed by atoms with van der Waals surface area (Å²) in [6.45, 7) is 2.36. The second-order valence-corrected chi connectivity index (χ2v) is 4.17. The fourth-order valence-corrected chi connectivity index (χ4v) is 2.00. The van der Waals surface area contributed by atoms with Crippen LogP contribution in [-0.2, 0) is 6.54 Å². The van der Waals surface area contributed by atoms with Crippen molar-refractivity contribution in [3.63, 3.8) is 0 Å². The first-order valence-corrected chi connectivity index (χ1v) is 5.79. The molecular formula is C14H13N3O. The van der Waals surface area contributed by atoms with E-state index >= 15 is 0 Å². The summed E-state index contributed by atoms with van der Waals surface area (Å²) < 4.78 is 5.52. The van der Waals surface area contributed by atoms with Crippen molar-refractivity contribution in [3.05, 3.63) is 48.0 Å². The van der Waals surface area contributed by atoms with Crippen molar-refractivity contribution in [1.82, 2.24) is 9.97 Å². The van der Waals surface area contributed by atoms with E-state index in [-0.39, 0.29) is 6.54 Å². The SMILES string of the molecule is Cc1ccccc1-c1cnc2nc(CN)oc2c1. The molecule has 4 nitrogen and oxygen atoms in total. The summed E-state index contributed by atoms with van der Waals surface area (Å²) in [7, 11) is 0. The van der Waals surface area contributed by atoms with Gasteiger partial charge in [-0.1, -0.05) is 24.3 Å². The fourth-order valence-electron chi connectivity index (χ4n) is 2.00. The zero-order chi connectivity index (χ0) is 12.5. The maximum Gasteiger partial charge on any atom is 0.210 e. The number of nitrogens with zero attached hydrogens (tertiary/aromatic N) is 2. The highest BCUT2D eigenvalue weighted by molar-refractivity contribution is 5.77. The first-order valence-electron chi connectivity index (χ1n) is 5.79. The summed E-state index contributed by atoms with van der Waals surface area (Å²) in [5.74, 6) is 0.513. The molecule has 0 spiro atoms. The number of rotatable bonds is 2. The van der Waals surface area contributed by atoms with Crippen molar-refractivity contribution in [2.75, 3.05) is 0 Å². The number of oxazole rings is 1. The molecule has 18 heavy (non-hydrogen) atoms. The number of aromatic nitrogens is 2. The van der Waals surface area contributed by atoms with Crippen LogP contribution in [0.2, 0.25) is 0 Å². The molecule has 0 fully saturated rings. The summed E-state index contributed by atoms with van der Waals surface area (Å²) in [5, 5.41) is 0. The highest BCUT2D eigenvalue weighted by Gasteiger charge is 2.08. The standard InChI is InChI=1S/C14H13N3O/c1-9-4-2-3-5-11(9)10-6-12-14(16-8-10)17-13(7-15)18-12/h2-6,8H,7,15H2,1H3. The fraction of sp³-hybridized carbons (Fsp3) is 0.143. The molecule has 3 aromatic rings. The van der Waals surface area contributed by atoms with Crippen LogP contribution in [0.5, 0.6) is 0 Å². The number of hydrogen-bond acceptors (Lipinski definition) is 4. The Balaban J connectivity index is 2.16. The molecule has 2 heterocycles. The molecule has 2 N–H and O–H groups in total. The van der Waals surface area contributed by atoms with Crippen LogP contribution in [0.15, 0.2) is 40.9 Å². The molecule has 0 unspecified atom stereocenters. The molecule has 0 saturated heterocycles. The summed E-state index contributed by atoms with van der Waals surface area (Å²) in [6, 6.07) is 10.1. The Morgan fingerprint density at radius 2 is 2.11 bits per heavy atom. The molecule has 0 aliphatic carbocycles. The molecule has 0 amide bonds. The van der Waals surface area contributed by atoms with Crippen molar-refractivity contribution in [3.8, 4) is 11.1 Å². The lowest BCUT2D eigenvalue weighted by Gasteiger charge is -2.04. The number of aryl methyl sites for hydroxylation is 1. The van der Waals surface area contributed by atoms with Gasteiger partial charge in [0.2, 0.25) is 5.89 Å². The quantitative estimate of drug-likeness (QED) is 0.746. The van der Waals surface area contributed by atoms with E-state index in [0.29, 0.717) is 17.1 Å². The number of benzene rings is 1. The predicted octanol–water partition coefficient (Wildman–Crippen LogP) is 2.66. The van der Waals surface area contributed by atoms with Gasteiger partial charge in [0.05, 0.1) is 6.54 Å². The Bertz CT molecular complexity index is 703. The van der Waals surface area contributed by atoms with E-state index in [9.17, 15) is 0 Å². The molecule has 0 atom stereocenters. The third kappa shape index (κ3) is 1.76. The first-order chi connectivity index (χ1) is 8.78. The van der Waals surface area contributed by atoms with E-state index in [1.807, 2.05) is 24.4 Å². The second-order valence-electron chi connectivity index (χ2n) is 4.17. The molecule has 0 radical (unpaired) electrons. The summed E-state index contributed by atoms with van der Waals surface area (Å²) in [4.78, 5) is 8.49. The molecule has 4 heteroatoms. The van der Waals surface area contributed by atoms with E-state index < -0.39 is 0 Å². The Morgan fingerprint density at radius 1 is 1.28 bits per heavy atom. The van der Waals surface area contributed by atoms with E-state index in [0.717, 1.165) is 11.1 Å². The molecule has 0 aliphatic heterocycles. The molecule has 1 aromatic carbocycles. The normalized spacial score (nSPS) is 11.0. The van der Waals surface area contributed by atoms with Crippen LogP contribution >= 0.6 is 0 Å². The number of pyridine rings is 1. The van der Waals surface area contributed by atoms with Gasteiger partial charge in [0.15, 0.2) is 11.2 Å². The van der Waals surface area contributed by atoms with Gasteiger partial charge in [-0.2, -0.15) is 4.98 Å². The Labute approximate surface area is 104 Å². The third-order valence-electron chi connectivity index (χ3n) is 2.92. The first kappa shape index (κ1) is 10.9. The van der Waals surface area contributed by atoms with Crippen molar-refractivity contribution < 1.29 is 4.42 Å². The molecule has 90 valence electrons. The zero-order valence-electron chi connectivity index (χ0n) is 10.1. The van der Waals surface area contributed by atoms with E-state index in [1.54, 1.807) is 0 Å². The smallest absolute Gasteiger partial charge is 0.210 e. The van der Waals surface area contributed by atoms with Crippen molar-refractivity contribution in [1.29, 1.82) is 0 Å². The number of nitrogens with two attached hydrogens (primary N) is 1. The largest absolute Gasteiger partial charge is 0.438 e. The highest BCUT2D eigenvalue weighted by atomic mass is 16.3. The van der Waals surface area contributed by atoms with Gasteiger partial charge in [0, 0.05) is 11.8 Å². The Hall–Kier alpha value is -2.20. The minimum atomic E-state index is 0.288. The Kier molecular flexibility index (Phi) is 2.57. The van der Waals surface area contributed by atoms with Crippen LogP contribution in [0, 0.1) is 6.92 Å². The molecule has 0 saturated carbocycles. The molecule has 0 bridgehead atoms. The monoisotopic (exact) mass is 239 g/mol. The van der Waals surface area contributed by atoms with E-state index in [1.165, 1.54) is 5.56 Å². The van der Waals surface area contributed by atoms with Crippen LogP contribution < -0.4 is 5.73 Å². The van der Waals surface area contributed by atoms with E-state index in [2.05, 4.69) is 29.0 Å². The van der Waals surface area contributed by atoms with Crippen LogP contribution in [-0.4, -0.2) is 9.97 Å².